The molecular weight excluding hydrogens is 369 g/mol. The summed E-state index contributed by atoms with van der Waals surface area (Å²) in [4.78, 5) is 14.4. The van der Waals surface area contributed by atoms with Crippen LogP contribution in [0.5, 0.6) is 0 Å². The van der Waals surface area contributed by atoms with Crippen LogP contribution in [0, 0.1) is 5.82 Å². The predicted octanol–water partition coefficient (Wildman–Crippen LogP) is 2.73. The lowest BCUT2D eigenvalue weighted by molar-refractivity contribution is -0.116. The average molecular weight is 391 g/mol. The fourth-order valence-corrected chi connectivity index (χ4v) is 4.05. The number of benzene rings is 2. The Morgan fingerprint density at radius 2 is 1.70 bits per heavy atom. The van der Waals surface area contributed by atoms with Crippen molar-refractivity contribution in [2.24, 2.45) is 0 Å². The van der Waals surface area contributed by atoms with E-state index in [0.717, 1.165) is 49.4 Å². The maximum Gasteiger partial charge on any atom is 0.240 e. The van der Waals surface area contributed by atoms with Crippen molar-refractivity contribution in [1.82, 2.24) is 4.72 Å². The van der Waals surface area contributed by atoms with E-state index in [1.54, 1.807) is 0 Å². The van der Waals surface area contributed by atoms with E-state index >= 15 is 0 Å². The molecule has 2 aromatic rings. The lowest BCUT2D eigenvalue weighted by Crippen LogP contribution is -2.28. The Balaban J connectivity index is 1.55. The van der Waals surface area contributed by atoms with E-state index < -0.39 is 15.8 Å². The van der Waals surface area contributed by atoms with E-state index in [-0.39, 0.29) is 23.8 Å². The number of anilines is 2. The van der Waals surface area contributed by atoms with Gasteiger partial charge in [0.05, 0.1) is 16.3 Å². The van der Waals surface area contributed by atoms with Crippen molar-refractivity contribution in [3.63, 3.8) is 0 Å². The minimum Gasteiger partial charge on any atom is -0.370 e. The number of halogens is 1. The predicted molar refractivity (Wildman–Crippen MR) is 103 cm³/mol. The standard InChI is InChI=1S/C19H22FN3O3S/c20-15-7-9-16(10-8-15)27(25,26)21-12-11-19(24)22-17-5-1-2-6-18(17)23-13-3-4-14-23/h1-2,5-10,21H,3-4,11-14H2,(H,22,24). The maximum absolute atomic E-state index is 12.9. The number of hydrogen-bond acceptors (Lipinski definition) is 4. The number of nitrogens with one attached hydrogen (secondary N) is 2. The number of amides is 1. The summed E-state index contributed by atoms with van der Waals surface area (Å²) in [5.74, 6) is -0.784. The molecule has 0 bridgehead atoms. The molecule has 0 aliphatic carbocycles. The lowest BCUT2D eigenvalue weighted by Gasteiger charge is -2.21. The first kappa shape index (κ1) is 19.3. The molecular formula is C19H22FN3O3S. The number of carbonyl (C=O) groups excluding carboxylic acids is 1. The monoisotopic (exact) mass is 391 g/mol. The first-order valence-corrected chi connectivity index (χ1v) is 10.3. The van der Waals surface area contributed by atoms with Crippen LogP contribution in [-0.2, 0) is 14.8 Å². The van der Waals surface area contributed by atoms with Gasteiger partial charge in [-0.15, -0.1) is 0 Å². The Labute approximate surface area is 158 Å². The van der Waals surface area contributed by atoms with Crippen molar-refractivity contribution >= 4 is 27.3 Å². The van der Waals surface area contributed by atoms with Crippen molar-refractivity contribution in [2.45, 2.75) is 24.2 Å². The minimum atomic E-state index is -3.77. The zero-order chi connectivity index (χ0) is 19.3. The highest BCUT2D eigenvalue weighted by molar-refractivity contribution is 7.89. The molecule has 8 heteroatoms. The Kier molecular flexibility index (Phi) is 6.08. The van der Waals surface area contributed by atoms with Gasteiger partial charge in [-0.2, -0.15) is 0 Å². The minimum absolute atomic E-state index is 0.00520. The summed E-state index contributed by atoms with van der Waals surface area (Å²) in [5.41, 5.74) is 1.71. The second kappa shape index (κ2) is 8.49. The molecule has 0 spiro atoms. The van der Waals surface area contributed by atoms with Gasteiger partial charge < -0.3 is 10.2 Å². The molecule has 1 aliphatic heterocycles. The third kappa shape index (κ3) is 5.05. The Bertz CT molecular complexity index is 895. The third-order valence-electron chi connectivity index (χ3n) is 4.39. The summed E-state index contributed by atoms with van der Waals surface area (Å²) >= 11 is 0. The van der Waals surface area contributed by atoms with Crippen molar-refractivity contribution in [1.29, 1.82) is 0 Å². The molecule has 0 aromatic heterocycles. The van der Waals surface area contributed by atoms with Crippen LogP contribution in [0.1, 0.15) is 19.3 Å². The lowest BCUT2D eigenvalue weighted by atomic mass is 10.2. The van der Waals surface area contributed by atoms with E-state index in [2.05, 4.69) is 14.9 Å². The summed E-state index contributed by atoms with van der Waals surface area (Å²) in [6.07, 6.45) is 2.26. The van der Waals surface area contributed by atoms with Gasteiger partial charge >= 0.3 is 0 Å². The molecule has 0 radical (unpaired) electrons. The van der Waals surface area contributed by atoms with Gasteiger partial charge in [-0.25, -0.2) is 17.5 Å². The van der Waals surface area contributed by atoms with Crippen LogP contribution in [0.3, 0.4) is 0 Å². The molecule has 0 unspecified atom stereocenters. The zero-order valence-electron chi connectivity index (χ0n) is 14.8. The molecule has 1 aliphatic rings. The Hall–Kier alpha value is -2.45. The Morgan fingerprint density at radius 1 is 1.04 bits per heavy atom. The largest absolute Gasteiger partial charge is 0.370 e. The molecule has 27 heavy (non-hydrogen) atoms. The first-order chi connectivity index (χ1) is 13.0. The topological polar surface area (TPSA) is 78.5 Å². The molecule has 144 valence electrons. The van der Waals surface area contributed by atoms with Gasteiger partial charge in [-0.1, -0.05) is 12.1 Å². The highest BCUT2D eigenvalue weighted by atomic mass is 32.2. The molecule has 1 amide bonds. The number of rotatable bonds is 7. The number of sulfonamides is 1. The second-order valence-electron chi connectivity index (χ2n) is 6.36. The van der Waals surface area contributed by atoms with E-state index in [4.69, 9.17) is 0 Å². The van der Waals surface area contributed by atoms with Crippen LogP contribution >= 0.6 is 0 Å². The average Bonchev–Trinajstić information content (AvgIpc) is 3.17. The third-order valence-corrected chi connectivity index (χ3v) is 5.87. The molecule has 1 fully saturated rings. The van der Waals surface area contributed by atoms with E-state index in [1.807, 2.05) is 24.3 Å². The summed E-state index contributed by atoms with van der Waals surface area (Å²) in [7, 11) is -3.77. The van der Waals surface area contributed by atoms with Crippen LogP contribution < -0.4 is 14.9 Å². The zero-order valence-corrected chi connectivity index (χ0v) is 15.6. The molecule has 2 N–H and O–H groups in total. The van der Waals surface area contributed by atoms with Gasteiger partial charge in [0.25, 0.3) is 0 Å². The number of carbonyl (C=O) groups is 1. The van der Waals surface area contributed by atoms with Gasteiger partial charge in [0.2, 0.25) is 15.9 Å². The fourth-order valence-electron chi connectivity index (χ4n) is 3.02. The highest BCUT2D eigenvalue weighted by Gasteiger charge is 2.17. The first-order valence-electron chi connectivity index (χ1n) is 8.85. The van der Waals surface area contributed by atoms with Crippen LogP contribution in [-0.4, -0.2) is 34.0 Å². The van der Waals surface area contributed by atoms with Gasteiger partial charge in [-0.05, 0) is 49.2 Å². The molecule has 0 atom stereocenters. The van der Waals surface area contributed by atoms with Gasteiger partial charge in [0.1, 0.15) is 5.82 Å². The van der Waals surface area contributed by atoms with Crippen molar-refractivity contribution < 1.29 is 17.6 Å². The number of hydrogen-bond donors (Lipinski definition) is 2. The summed E-state index contributed by atoms with van der Waals surface area (Å²) in [6.45, 7) is 1.88. The van der Waals surface area contributed by atoms with Crippen molar-refractivity contribution in [3.05, 3.63) is 54.3 Å². The summed E-state index contributed by atoms with van der Waals surface area (Å²) in [6, 6.07) is 12.1. The molecule has 6 nitrogen and oxygen atoms in total. The van der Waals surface area contributed by atoms with Crippen LogP contribution in [0.15, 0.2) is 53.4 Å². The number of nitrogens with zero attached hydrogens (tertiary/aromatic N) is 1. The van der Waals surface area contributed by atoms with E-state index in [9.17, 15) is 17.6 Å². The molecule has 0 saturated carbocycles. The number of para-hydroxylation sites is 2. The molecule has 1 saturated heterocycles. The van der Waals surface area contributed by atoms with Crippen LogP contribution in [0.25, 0.3) is 0 Å². The SMILES string of the molecule is O=C(CCNS(=O)(=O)c1ccc(F)cc1)Nc1ccccc1N1CCCC1. The second-order valence-corrected chi connectivity index (χ2v) is 8.13. The molecule has 1 heterocycles. The van der Waals surface area contributed by atoms with Gasteiger partial charge in [0.15, 0.2) is 0 Å². The quantitative estimate of drug-likeness (QED) is 0.761. The van der Waals surface area contributed by atoms with Gasteiger partial charge in [0, 0.05) is 26.1 Å². The van der Waals surface area contributed by atoms with Crippen molar-refractivity contribution in [2.75, 3.05) is 29.9 Å². The highest BCUT2D eigenvalue weighted by Crippen LogP contribution is 2.28. The molecule has 2 aromatic carbocycles. The van der Waals surface area contributed by atoms with Crippen LogP contribution in [0.4, 0.5) is 15.8 Å². The maximum atomic E-state index is 12.9. The van der Waals surface area contributed by atoms with Crippen LogP contribution in [0.2, 0.25) is 0 Å². The van der Waals surface area contributed by atoms with Gasteiger partial charge in [-0.3, -0.25) is 4.79 Å². The summed E-state index contributed by atoms with van der Waals surface area (Å²) in [5, 5.41) is 2.86. The molecule has 3 rings (SSSR count). The smallest absolute Gasteiger partial charge is 0.240 e. The van der Waals surface area contributed by atoms with E-state index in [1.165, 1.54) is 12.1 Å². The van der Waals surface area contributed by atoms with Crippen molar-refractivity contribution in [3.8, 4) is 0 Å². The Morgan fingerprint density at radius 3 is 2.41 bits per heavy atom. The fraction of sp³-hybridized carbons (Fsp3) is 0.316. The van der Waals surface area contributed by atoms with E-state index in [0.29, 0.717) is 0 Å². The summed E-state index contributed by atoms with van der Waals surface area (Å²) < 4.78 is 39.6. The normalized spacial score (nSPS) is 14.3.